The van der Waals surface area contributed by atoms with E-state index < -0.39 is 0 Å². The van der Waals surface area contributed by atoms with Gasteiger partial charge in [-0.05, 0) is 25.5 Å². The van der Waals surface area contributed by atoms with E-state index in [1.54, 1.807) is 26.4 Å². The van der Waals surface area contributed by atoms with Crippen molar-refractivity contribution < 1.29 is 14.4 Å². The van der Waals surface area contributed by atoms with Crippen LogP contribution < -0.4 is 19.9 Å². The number of methoxy groups -OCH3 is 2. The van der Waals surface area contributed by atoms with E-state index in [1.807, 2.05) is 0 Å². The average molecular weight is 368 g/mol. The van der Waals surface area contributed by atoms with E-state index in [2.05, 4.69) is 49.1 Å². The molecular weight excluding hydrogens is 342 g/mol. The maximum Gasteiger partial charge on any atom is 0.259 e. The average Bonchev–Trinajstić information content (AvgIpc) is 2.63. The predicted molar refractivity (Wildman–Crippen MR) is 106 cm³/mol. The van der Waals surface area contributed by atoms with Gasteiger partial charge >= 0.3 is 0 Å². The quantitative estimate of drug-likeness (QED) is 0.696. The minimum Gasteiger partial charge on any atom is -0.493 e. The third-order valence-electron chi connectivity index (χ3n) is 4.72. The third kappa shape index (κ3) is 4.11. The fraction of sp³-hybridized carbons (Fsp3) is 0.333. The summed E-state index contributed by atoms with van der Waals surface area (Å²) in [5.41, 5.74) is 4.28. The number of aromatic nitrogens is 2. The molecule has 0 bridgehead atoms. The highest BCUT2D eigenvalue weighted by molar-refractivity contribution is 5.81. The van der Waals surface area contributed by atoms with E-state index in [1.165, 1.54) is 21.6 Å². The Bertz CT molecular complexity index is 1030. The van der Waals surface area contributed by atoms with Gasteiger partial charge in [0.25, 0.3) is 5.56 Å². The van der Waals surface area contributed by atoms with Crippen LogP contribution in [0.15, 0.2) is 35.1 Å². The summed E-state index contributed by atoms with van der Waals surface area (Å²) in [4.78, 5) is 21.3. The van der Waals surface area contributed by atoms with Gasteiger partial charge in [-0.3, -0.25) is 4.79 Å². The summed E-state index contributed by atoms with van der Waals surface area (Å²) in [6.45, 7) is 5.71. The molecule has 3 rings (SSSR count). The number of aryl methyl sites for hydroxylation is 2. The summed E-state index contributed by atoms with van der Waals surface area (Å²) >= 11 is 0. The number of quaternary nitrogens is 1. The molecule has 0 aliphatic heterocycles. The number of benzene rings is 2. The molecule has 0 amide bonds. The normalized spacial score (nSPS) is 12.2. The first kappa shape index (κ1) is 18.9. The van der Waals surface area contributed by atoms with Gasteiger partial charge in [0.05, 0.1) is 32.2 Å². The van der Waals surface area contributed by atoms with Crippen molar-refractivity contribution in [1.82, 2.24) is 9.97 Å². The molecular formula is C21H26N3O3+. The van der Waals surface area contributed by atoms with Crippen LogP contribution in [0.2, 0.25) is 0 Å². The highest BCUT2D eigenvalue weighted by atomic mass is 16.5. The molecule has 1 aromatic heterocycles. The zero-order valence-corrected chi connectivity index (χ0v) is 16.5. The summed E-state index contributed by atoms with van der Waals surface area (Å²) in [5, 5.41) is 0.489. The van der Waals surface area contributed by atoms with Gasteiger partial charge in [-0.1, -0.05) is 23.8 Å². The van der Waals surface area contributed by atoms with Crippen LogP contribution in [0.3, 0.4) is 0 Å². The second-order valence-electron chi connectivity index (χ2n) is 6.98. The summed E-state index contributed by atoms with van der Waals surface area (Å²) in [5.74, 6) is 1.73. The molecule has 2 N–H and O–H groups in total. The Hall–Kier alpha value is -2.86. The van der Waals surface area contributed by atoms with Crippen molar-refractivity contribution in [2.75, 3.05) is 21.3 Å². The lowest BCUT2D eigenvalue weighted by Gasteiger charge is -2.16. The van der Waals surface area contributed by atoms with Crippen LogP contribution in [0.25, 0.3) is 10.9 Å². The van der Waals surface area contributed by atoms with Gasteiger partial charge in [-0.2, -0.15) is 0 Å². The third-order valence-corrected chi connectivity index (χ3v) is 4.72. The van der Waals surface area contributed by atoms with Crippen molar-refractivity contribution in [3.8, 4) is 11.5 Å². The molecule has 0 fully saturated rings. The Kier molecular flexibility index (Phi) is 5.46. The van der Waals surface area contributed by atoms with Gasteiger partial charge in [-0.25, -0.2) is 4.98 Å². The van der Waals surface area contributed by atoms with Crippen LogP contribution in [-0.2, 0) is 13.1 Å². The maximum atomic E-state index is 12.5. The number of hydrogen-bond acceptors (Lipinski definition) is 4. The van der Waals surface area contributed by atoms with E-state index in [0.717, 1.165) is 6.54 Å². The number of rotatable bonds is 6. The molecule has 142 valence electrons. The van der Waals surface area contributed by atoms with Crippen LogP contribution in [0, 0.1) is 13.8 Å². The molecule has 3 aromatic rings. The Morgan fingerprint density at radius 2 is 1.74 bits per heavy atom. The van der Waals surface area contributed by atoms with Crippen LogP contribution in [-0.4, -0.2) is 31.2 Å². The lowest BCUT2D eigenvalue weighted by molar-refractivity contribution is -0.908. The first-order valence-electron chi connectivity index (χ1n) is 8.93. The van der Waals surface area contributed by atoms with Gasteiger partial charge in [0, 0.05) is 11.6 Å². The van der Waals surface area contributed by atoms with E-state index in [9.17, 15) is 4.79 Å². The highest BCUT2D eigenvalue weighted by Gasteiger charge is 2.14. The van der Waals surface area contributed by atoms with Crippen molar-refractivity contribution >= 4 is 10.9 Å². The SMILES string of the molecule is COc1cc2nc(C[NH+](C)Cc3ccc(C)cc3C)[nH]c(=O)c2cc1OC. The summed E-state index contributed by atoms with van der Waals surface area (Å²) < 4.78 is 10.6. The van der Waals surface area contributed by atoms with E-state index in [0.29, 0.717) is 34.8 Å². The van der Waals surface area contributed by atoms with Crippen LogP contribution in [0.4, 0.5) is 0 Å². The number of nitrogens with one attached hydrogen (secondary N) is 2. The van der Waals surface area contributed by atoms with Gasteiger partial charge in [-0.15, -0.1) is 0 Å². The fourth-order valence-electron chi connectivity index (χ4n) is 3.32. The molecule has 0 radical (unpaired) electrons. The van der Waals surface area contributed by atoms with Crippen LogP contribution in [0.1, 0.15) is 22.5 Å². The van der Waals surface area contributed by atoms with Gasteiger partial charge < -0.3 is 19.4 Å². The zero-order chi connectivity index (χ0) is 19.6. The van der Waals surface area contributed by atoms with Gasteiger partial charge in [0.1, 0.15) is 13.1 Å². The molecule has 0 spiro atoms. The van der Waals surface area contributed by atoms with Crippen molar-refractivity contribution in [3.63, 3.8) is 0 Å². The lowest BCUT2D eigenvalue weighted by atomic mass is 10.1. The smallest absolute Gasteiger partial charge is 0.259 e. The molecule has 0 aliphatic carbocycles. The molecule has 6 nitrogen and oxygen atoms in total. The number of H-pyrrole nitrogens is 1. The van der Waals surface area contributed by atoms with Crippen molar-refractivity contribution in [2.24, 2.45) is 0 Å². The molecule has 0 aliphatic rings. The van der Waals surface area contributed by atoms with Gasteiger partial charge in [0.15, 0.2) is 17.3 Å². The van der Waals surface area contributed by atoms with Crippen LogP contribution in [0.5, 0.6) is 11.5 Å². The fourth-order valence-corrected chi connectivity index (χ4v) is 3.32. The number of ether oxygens (including phenoxy) is 2. The molecule has 1 heterocycles. The topological polar surface area (TPSA) is 68.7 Å². The number of aromatic amines is 1. The zero-order valence-electron chi connectivity index (χ0n) is 16.5. The molecule has 0 saturated carbocycles. The molecule has 27 heavy (non-hydrogen) atoms. The predicted octanol–water partition coefficient (Wildman–Crippen LogP) is 1.77. The number of nitrogens with zero attached hydrogens (tertiary/aromatic N) is 1. The molecule has 1 atom stereocenters. The number of hydrogen-bond donors (Lipinski definition) is 2. The van der Waals surface area contributed by atoms with Gasteiger partial charge in [0.2, 0.25) is 0 Å². The monoisotopic (exact) mass is 368 g/mol. The number of fused-ring (bicyclic) bond motifs is 1. The minimum atomic E-state index is -0.171. The summed E-state index contributed by atoms with van der Waals surface area (Å²) in [7, 11) is 5.21. The first-order valence-corrected chi connectivity index (χ1v) is 8.93. The largest absolute Gasteiger partial charge is 0.493 e. The summed E-state index contributed by atoms with van der Waals surface area (Å²) in [6, 6.07) is 9.90. The first-order chi connectivity index (χ1) is 12.9. The maximum absolute atomic E-state index is 12.5. The standard InChI is InChI=1S/C21H25N3O3/c1-13-6-7-15(14(2)8-13)11-24(3)12-20-22-17-10-19(27-5)18(26-4)9-16(17)21(25)23-20/h6-10H,11-12H2,1-5H3,(H,22,23,25)/p+1. The van der Waals surface area contributed by atoms with Crippen molar-refractivity contribution in [3.05, 3.63) is 63.2 Å². The molecule has 6 heteroatoms. The molecule has 2 aromatic carbocycles. The molecule has 1 unspecified atom stereocenters. The lowest BCUT2D eigenvalue weighted by Crippen LogP contribution is -3.06. The van der Waals surface area contributed by atoms with Crippen LogP contribution >= 0.6 is 0 Å². The van der Waals surface area contributed by atoms with E-state index in [4.69, 9.17) is 9.47 Å². The Morgan fingerprint density at radius 1 is 1.04 bits per heavy atom. The minimum absolute atomic E-state index is 0.171. The summed E-state index contributed by atoms with van der Waals surface area (Å²) in [6.07, 6.45) is 0. The van der Waals surface area contributed by atoms with E-state index in [-0.39, 0.29) is 5.56 Å². The Labute approximate surface area is 158 Å². The Balaban J connectivity index is 1.87. The second kappa shape index (κ2) is 7.80. The van der Waals surface area contributed by atoms with Crippen molar-refractivity contribution in [1.29, 1.82) is 0 Å². The molecule has 0 saturated heterocycles. The van der Waals surface area contributed by atoms with Crippen molar-refractivity contribution in [2.45, 2.75) is 26.9 Å². The second-order valence-corrected chi connectivity index (χ2v) is 6.98. The van der Waals surface area contributed by atoms with E-state index >= 15 is 0 Å². The Morgan fingerprint density at radius 3 is 2.41 bits per heavy atom. The highest BCUT2D eigenvalue weighted by Crippen LogP contribution is 2.29.